The van der Waals surface area contributed by atoms with E-state index in [1.165, 1.54) is 6.07 Å². The number of rotatable bonds is 4. The molecule has 1 aromatic heterocycles. The molecule has 118 valence electrons. The van der Waals surface area contributed by atoms with Crippen molar-refractivity contribution in [1.82, 2.24) is 9.55 Å². The first-order valence-electron chi connectivity index (χ1n) is 6.41. The van der Waals surface area contributed by atoms with Crippen molar-refractivity contribution in [1.29, 1.82) is 0 Å². The lowest BCUT2D eigenvalue weighted by atomic mass is 10.1. The summed E-state index contributed by atoms with van der Waals surface area (Å²) >= 11 is 0. The van der Waals surface area contributed by atoms with Gasteiger partial charge in [0.2, 0.25) is 6.23 Å². The maximum absolute atomic E-state index is 14.1. The molecule has 0 saturated carbocycles. The highest BCUT2D eigenvalue weighted by Gasteiger charge is 2.59. The molecule has 7 nitrogen and oxygen atoms in total. The highest BCUT2D eigenvalue weighted by atomic mass is 19.3. The van der Waals surface area contributed by atoms with Gasteiger partial charge in [-0.05, 0) is 19.9 Å². The lowest BCUT2D eigenvalue weighted by Gasteiger charge is -2.20. The fourth-order valence-corrected chi connectivity index (χ4v) is 2.00. The molecule has 1 fully saturated rings. The molecule has 1 unspecified atom stereocenters. The van der Waals surface area contributed by atoms with Gasteiger partial charge < -0.3 is 20.3 Å². The molecule has 0 aliphatic carbocycles. The van der Waals surface area contributed by atoms with Gasteiger partial charge in [0, 0.05) is 6.20 Å². The Morgan fingerprint density at radius 2 is 2.29 bits per heavy atom. The number of nitrogens with two attached hydrogens (primary N) is 1. The Labute approximate surface area is 119 Å². The van der Waals surface area contributed by atoms with Crippen molar-refractivity contribution in [2.45, 2.75) is 44.3 Å². The van der Waals surface area contributed by atoms with Crippen molar-refractivity contribution in [2.24, 2.45) is 0 Å². The highest BCUT2D eigenvalue weighted by Crippen LogP contribution is 2.42. The number of halogens is 2. The van der Waals surface area contributed by atoms with Gasteiger partial charge >= 0.3 is 11.6 Å². The van der Waals surface area contributed by atoms with E-state index >= 15 is 0 Å². The minimum absolute atomic E-state index is 0.0854. The van der Waals surface area contributed by atoms with Gasteiger partial charge in [-0.3, -0.25) is 4.57 Å². The third-order valence-electron chi connectivity index (χ3n) is 3.08. The van der Waals surface area contributed by atoms with Crippen LogP contribution in [0, 0.1) is 0 Å². The van der Waals surface area contributed by atoms with Crippen molar-refractivity contribution in [3.05, 3.63) is 22.7 Å². The topological polar surface area (TPSA) is 99.6 Å². The first-order chi connectivity index (χ1) is 9.73. The van der Waals surface area contributed by atoms with Gasteiger partial charge in [0.25, 0.3) is 0 Å². The molecule has 0 radical (unpaired) electrons. The molecule has 1 aliphatic rings. The van der Waals surface area contributed by atoms with Crippen molar-refractivity contribution < 1.29 is 23.4 Å². The molecule has 9 heteroatoms. The van der Waals surface area contributed by atoms with Crippen LogP contribution in [0.2, 0.25) is 0 Å². The summed E-state index contributed by atoms with van der Waals surface area (Å²) in [5.74, 6) is -3.73. The minimum Gasteiger partial charge on any atom is -0.384 e. The van der Waals surface area contributed by atoms with Gasteiger partial charge in [-0.1, -0.05) is 0 Å². The van der Waals surface area contributed by atoms with Crippen LogP contribution in [0.5, 0.6) is 0 Å². The molecule has 0 aromatic carbocycles. The SMILES string of the molecule is CC(C)OC[C@H]1O[C@@H](n2ccc(N)nc2=O)C(F)(F)C1O. The minimum atomic E-state index is -3.65. The number of alkyl halides is 2. The molecule has 1 saturated heterocycles. The third-order valence-corrected chi connectivity index (χ3v) is 3.08. The Bertz CT molecular complexity index is 564. The van der Waals surface area contributed by atoms with Gasteiger partial charge in [-0.25, -0.2) is 4.79 Å². The van der Waals surface area contributed by atoms with E-state index in [9.17, 15) is 18.7 Å². The van der Waals surface area contributed by atoms with Gasteiger partial charge in [0.15, 0.2) is 6.10 Å². The molecular weight excluding hydrogens is 288 g/mol. The standard InChI is InChI=1S/C12H17F2N3O4/c1-6(2)20-5-7-9(18)12(13,14)10(21-7)17-4-3-8(15)16-11(17)19/h3-4,6-7,9-10,18H,5H2,1-2H3,(H2,15,16,19)/t7-,9?,10-/m1/s1. The zero-order valence-electron chi connectivity index (χ0n) is 11.6. The molecule has 0 bridgehead atoms. The van der Waals surface area contributed by atoms with Crippen LogP contribution >= 0.6 is 0 Å². The van der Waals surface area contributed by atoms with Crippen molar-refractivity contribution >= 4 is 5.82 Å². The summed E-state index contributed by atoms with van der Waals surface area (Å²) in [7, 11) is 0. The smallest absolute Gasteiger partial charge is 0.351 e. The Hall–Kier alpha value is -1.58. The molecule has 0 spiro atoms. The Kier molecular flexibility index (Phi) is 4.26. The molecule has 1 aliphatic heterocycles. The van der Waals surface area contributed by atoms with Gasteiger partial charge in [-0.15, -0.1) is 0 Å². The summed E-state index contributed by atoms with van der Waals surface area (Å²) in [6.45, 7) is 3.25. The second-order valence-corrected chi connectivity index (χ2v) is 5.07. The third kappa shape index (κ3) is 3.04. The van der Waals surface area contributed by atoms with Crippen LogP contribution < -0.4 is 11.4 Å². The van der Waals surface area contributed by atoms with E-state index in [0.717, 1.165) is 6.20 Å². The lowest BCUT2D eigenvalue weighted by molar-refractivity contribution is -0.141. The van der Waals surface area contributed by atoms with Crippen LogP contribution in [0.25, 0.3) is 0 Å². The number of nitrogens with zero attached hydrogens (tertiary/aromatic N) is 2. The quantitative estimate of drug-likeness (QED) is 0.821. The normalized spacial score (nSPS) is 28.2. The number of aliphatic hydroxyl groups excluding tert-OH is 1. The van der Waals surface area contributed by atoms with E-state index in [2.05, 4.69) is 4.98 Å². The van der Waals surface area contributed by atoms with Crippen molar-refractivity contribution in [3.63, 3.8) is 0 Å². The van der Waals surface area contributed by atoms with Gasteiger partial charge in [0.05, 0.1) is 12.7 Å². The molecule has 2 rings (SSSR count). The summed E-state index contributed by atoms with van der Waals surface area (Å²) < 4.78 is 39.1. The summed E-state index contributed by atoms with van der Waals surface area (Å²) in [5, 5.41) is 9.69. The van der Waals surface area contributed by atoms with Crippen LogP contribution in [0.4, 0.5) is 14.6 Å². The van der Waals surface area contributed by atoms with Crippen LogP contribution in [0.15, 0.2) is 17.1 Å². The predicted octanol–water partition coefficient (Wildman–Crippen LogP) is 0.144. The molecule has 3 atom stereocenters. The summed E-state index contributed by atoms with van der Waals surface area (Å²) in [6.07, 6.45) is -4.41. The maximum atomic E-state index is 14.1. The van der Waals surface area contributed by atoms with Crippen LogP contribution in [0.3, 0.4) is 0 Å². The second kappa shape index (κ2) is 5.66. The zero-order chi connectivity index (χ0) is 15.8. The lowest BCUT2D eigenvalue weighted by Crippen LogP contribution is -2.42. The average Bonchev–Trinajstić information content (AvgIpc) is 2.60. The summed E-state index contributed by atoms with van der Waals surface area (Å²) in [6, 6.07) is 1.20. The fraction of sp³-hybridized carbons (Fsp3) is 0.667. The number of hydrogen-bond donors (Lipinski definition) is 2. The Morgan fingerprint density at radius 3 is 2.86 bits per heavy atom. The predicted molar refractivity (Wildman–Crippen MR) is 68.9 cm³/mol. The molecule has 2 heterocycles. The maximum Gasteiger partial charge on any atom is 0.351 e. The van der Waals surface area contributed by atoms with Crippen molar-refractivity contribution in [2.75, 3.05) is 12.3 Å². The first kappa shape index (κ1) is 15.8. The number of aromatic nitrogens is 2. The van der Waals surface area contributed by atoms with E-state index in [1.807, 2.05) is 0 Å². The van der Waals surface area contributed by atoms with Crippen LogP contribution in [0.1, 0.15) is 20.1 Å². The average molecular weight is 305 g/mol. The van der Waals surface area contributed by atoms with E-state index in [4.69, 9.17) is 15.2 Å². The van der Waals surface area contributed by atoms with E-state index < -0.39 is 30.0 Å². The zero-order valence-corrected chi connectivity index (χ0v) is 11.6. The number of ether oxygens (including phenoxy) is 2. The summed E-state index contributed by atoms with van der Waals surface area (Å²) in [5.41, 5.74) is 4.33. The number of hydrogen-bond acceptors (Lipinski definition) is 6. The number of nitrogen functional groups attached to an aromatic ring is 1. The monoisotopic (exact) mass is 305 g/mol. The fourth-order valence-electron chi connectivity index (χ4n) is 2.00. The van der Waals surface area contributed by atoms with Crippen molar-refractivity contribution in [3.8, 4) is 0 Å². The number of aliphatic hydroxyl groups is 1. The molecule has 3 N–H and O–H groups in total. The van der Waals surface area contributed by atoms with Crippen LogP contribution in [-0.4, -0.2) is 45.5 Å². The van der Waals surface area contributed by atoms with E-state index in [-0.39, 0.29) is 18.5 Å². The molecular formula is C12H17F2N3O4. The van der Waals surface area contributed by atoms with E-state index in [0.29, 0.717) is 4.57 Å². The summed E-state index contributed by atoms with van der Waals surface area (Å²) in [4.78, 5) is 15.0. The number of anilines is 1. The Morgan fingerprint density at radius 1 is 1.62 bits per heavy atom. The first-order valence-corrected chi connectivity index (χ1v) is 6.41. The van der Waals surface area contributed by atoms with E-state index in [1.54, 1.807) is 13.8 Å². The molecule has 1 aromatic rings. The second-order valence-electron chi connectivity index (χ2n) is 5.07. The molecule has 0 amide bonds. The van der Waals surface area contributed by atoms with Gasteiger partial charge in [-0.2, -0.15) is 13.8 Å². The van der Waals surface area contributed by atoms with Crippen LogP contribution in [-0.2, 0) is 9.47 Å². The largest absolute Gasteiger partial charge is 0.384 e. The molecule has 21 heavy (non-hydrogen) atoms. The van der Waals surface area contributed by atoms with Gasteiger partial charge in [0.1, 0.15) is 11.9 Å². The Balaban J connectivity index is 2.25. The highest BCUT2D eigenvalue weighted by molar-refractivity contribution is 5.23.